The summed E-state index contributed by atoms with van der Waals surface area (Å²) in [6.07, 6.45) is 0. The van der Waals surface area contributed by atoms with Crippen molar-refractivity contribution in [3.8, 4) is 0 Å². The van der Waals surface area contributed by atoms with Gasteiger partial charge >= 0.3 is 0 Å². The van der Waals surface area contributed by atoms with Crippen LogP contribution in [0.5, 0.6) is 0 Å². The molecule has 1 amide bonds. The molecule has 1 heterocycles. The second-order valence-corrected chi connectivity index (χ2v) is 6.79. The summed E-state index contributed by atoms with van der Waals surface area (Å²) in [4.78, 5) is 15.3. The van der Waals surface area contributed by atoms with Crippen molar-refractivity contribution in [3.05, 3.63) is 32.7 Å². The van der Waals surface area contributed by atoms with E-state index >= 15 is 0 Å². The highest BCUT2D eigenvalue weighted by molar-refractivity contribution is 14.1. The highest BCUT2D eigenvalue weighted by atomic mass is 125. The van der Waals surface area contributed by atoms with Crippen LogP contribution in [0, 0.1) is 3.57 Å². The number of nitrogens with one attached hydrogen (secondary N) is 1. The van der Waals surface area contributed by atoms with Crippen LogP contribution < -0.4 is 5.32 Å². The van der Waals surface area contributed by atoms with E-state index in [4.69, 9.17) is 0 Å². The average Bonchev–Trinajstić information content (AvgIpc) is 2.89. The molecule has 0 fully saturated rings. The molecule has 5 heteroatoms. The Morgan fingerprint density at radius 2 is 2.10 bits per heavy atom. The predicted molar refractivity (Wildman–Crippen MR) is 94.7 cm³/mol. The van der Waals surface area contributed by atoms with Gasteiger partial charge in [0.15, 0.2) is 0 Å². The number of likely N-dealkylation sites (N-methyl/N-ethyl adjacent to an activating group) is 1. The Morgan fingerprint density at radius 1 is 1.35 bits per heavy atom. The summed E-state index contributed by atoms with van der Waals surface area (Å²) in [6, 6.07) is 8.16. The van der Waals surface area contributed by atoms with Gasteiger partial charge in [0.25, 0.3) is 5.91 Å². The molecule has 0 spiro atoms. The number of benzene rings is 1. The van der Waals surface area contributed by atoms with Crippen LogP contribution in [0.4, 0.5) is 0 Å². The molecule has 2 aromatic rings. The third kappa shape index (κ3) is 3.71. The van der Waals surface area contributed by atoms with Gasteiger partial charge in [-0.25, -0.2) is 0 Å². The van der Waals surface area contributed by atoms with Gasteiger partial charge in [0, 0.05) is 26.7 Å². The molecular weight excluding hydrogens is 381 g/mol. The number of carbonyl (C=O) groups excluding carboxylic acids is 1. The zero-order chi connectivity index (χ0) is 14.5. The first-order valence-corrected chi connectivity index (χ1v) is 8.73. The number of nitrogens with zero attached hydrogens (tertiary/aromatic N) is 1. The molecule has 0 aliphatic heterocycles. The maximum Gasteiger partial charge on any atom is 0.261 e. The van der Waals surface area contributed by atoms with Crippen LogP contribution in [-0.4, -0.2) is 37.0 Å². The summed E-state index contributed by atoms with van der Waals surface area (Å²) < 4.78 is 2.37. The van der Waals surface area contributed by atoms with E-state index in [1.54, 1.807) is 11.3 Å². The molecule has 1 aromatic heterocycles. The van der Waals surface area contributed by atoms with Crippen LogP contribution >= 0.6 is 33.9 Å². The molecule has 0 saturated carbocycles. The average molecular weight is 400 g/mol. The van der Waals surface area contributed by atoms with E-state index in [1.165, 1.54) is 13.7 Å². The molecule has 2 rings (SSSR count). The van der Waals surface area contributed by atoms with Crippen molar-refractivity contribution in [2.45, 2.75) is 13.8 Å². The van der Waals surface area contributed by atoms with Crippen molar-refractivity contribution in [1.29, 1.82) is 0 Å². The van der Waals surface area contributed by atoms with Gasteiger partial charge in [-0.3, -0.25) is 4.79 Å². The quantitative estimate of drug-likeness (QED) is 0.752. The van der Waals surface area contributed by atoms with Crippen LogP contribution in [0.25, 0.3) is 10.1 Å². The third-order valence-electron chi connectivity index (χ3n) is 3.34. The fourth-order valence-electron chi connectivity index (χ4n) is 2.09. The maximum atomic E-state index is 12.2. The van der Waals surface area contributed by atoms with Gasteiger partial charge in [-0.1, -0.05) is 19.9 Å². The molecule has 20 heavy (non-hydrogen) atoms. The van der Waals surface area contributed by atoms with Crippen LogP contribution in [-0.2, 0) is 0 Å². The smallest absolute Gasteiger partial charge is 0.261 e. The topological polar surface area (TPSA) is 32.3 Å². The zero-order valence-corrected chi connectivity index (χ0v) is 14.8. The molecule has 1 N–H and O–H groups in total. The standard InChI is InChI=1S/C15H19IN2OS/c1-3-18(4-2)9-8-17-15(19)14-10-11-12(16)6-5-7-13(11)20-14/h5-7,10H,3-4,8-9H2,1-2H3,(H,17,19)/i16-2. The molecule has 108 valence electrons. The molecule has 1 aromatic carbocycles. The Kier molecular flexibility index (Phi) is 5.80. The van der Waals surface area contributed by atoms with E-state index in [1.807, 2.05) is 12.1 Å². The van der Waals surface area contributed by atoms with E-state index in [0.717, 1.165) is 24.5 Å². The van der Waals surface area contributed by atoms with Gasteiger partial charge in [-0.05, 0) is 53.9 Å². The van der Waals surface area contributed by atoms with Gasteiger partial charge in [-0.2, -0.15) is 0 Å². The molecule has 0 bridgehead atoms. The first-order chi connectivity index (χ1) is 9.65. The number of rotatable bonds is 6. The summed E-state index contributed by atoms with van der Waals surface area (Å²) in [5.74, 6) is 0.0363. The lowest BCUT2D eigenvalue weighted by Gasteiger charge is -2.17. The van der Waals surface area contributed by atoms with Crippen LogP contribution in [0.15, 0.2) is 24.3 Å². The summed E-state index contributed by atoms with van der Waals surface area (Å²) >= 11 is 3.87. The Hall–Kier alpha value is -0.660. The highest BCUT2D eigenvalue weighted by Crippen LogP contribution is 2.29. The monoisotopic (exact) mass is 400 g/mol. The fourth-order valence-corrected chi connectivity index (χ4v) is 3.93. The van der Waals surface area contributed by atoms with Crippen LogP contribution in [0.2, 0.25) is 0 Å². The Labute approximate surface area is 137 Å². The molecule has 0 radical (unpaired) electrons. The number of hydrogen-bond acceptors (Lipinski definition) is 3. The SMILES string of the molecule is CCN(CC)CCNC(=O)c1cc2c([125I])cccc2s1. The number of carbonyl (C=O) groups is 1. The Balaban J connectivity index is 1.99. The van der Waals surface area contributed by atoms with E-state index in [9.17, 15) is 4.79 Å². The number of fused-ring (bicyclic) bond motifs is 1. The number of hydrogen-bond donors (Lipinski definition) is 1. The van der Waals surface area contributed by atoms with E-state index in [-0.39, 0.29) is 5.91 Å². The second kappa shape index (κ2) is 7.38. The lowest BCUT2D eigenvalue weighted by atomic mass is 10.2. The van der Waals surface area contributed by atoms with Crippen molar-refractivity contribution in [1.82, 2.24) is 10.2 Å². The lowest BCUT2D eigenvalue weighted by molar-refractivity contribution is 0.0953. The van der Waals surface area contributed by atoms with Crippen molar-refractivity contribution >= 4 is 49.9 Å². The molecule has 0 unspecified atom stereocenters. The van der Waals surface area contributed by atoms with E-state index in [2.05, 4.69) is 58.8 Å². The van der Waals surface area contributed by atoms with Gasteiger partial charge in [0.2, 0.25) is 0 Å². The van der Waals surface area contributed by atoms with Gasteiger partial charge in [-0.15, -0.1) is 11.3 Å². The maximum absolute atomic E-state index is 12.2. The molecular formula is C15H19IN2OS. The van der Waals surface area contributed by atoms with Crippen molar-refractivity contribution < 1.29 is 4.79 Å². The first kappa shape index (κ1) is 15.7. The van der Waals surface area contributed by atoms with Gasteiger partial charge in [0.05, 0.1) is 4.88 Å². The Bertz CT molecular complexity index is 593. The summed E-state index contributed by atoms with van der Waals surface area (Å²) in [5.41, 5.74) is 0. The Morgan fingerprint density at radius 3 is 2.75 bits per heavy atom. The number of halogens is 1. The van der Waals surface area contributed by atoms with Crippen LogP contribution in [0.1, 0.15) is 23.5 Å². The van der Waals surface area contributed by atoms with Crippen molar-refractivity contribution in [2.24, 2.45) is 0 Å². The van der Waals surface area contributed by atoms with E-state index < -0.39 is 0 Å². The van der Waals surface area contributed by atoms with Crippen molar-refractivity contribution in [2.75, 3.05) is 26.2 Å². The third-order valence-corrected chi connectivity index (χ3v) is 5.38. The number of amides is 1. The first-order valence-electron chi connectivity index (χ1n) is 6.84. The lowest BCUT2D eigenvalue weighted by Crippen LogP contribution is -2.34. The molecule has 0 aliphatic carbocycles. The van der Waals surface area contributed by atoms with Gasteiger partial charge < -0.3 is 10.2 Å². The minimum absolute atomic E-state index is 0.0363. The minimum atomic E-state index is 0.0363. The molecule has 0 atom stereocenters. The van der Waals surface area contributed by atoms with Crippen LogP contribution in [0.3, 0.4) is 0 Å². The molecule has 0 saturated heterocycles. The molecule has 0 aliphatic rings. The highest BCUT2D eigenvalue weighted by Gasteiger charge is 2.11. The molecule has 3 nitrogen and oxygen atoms in total. The minimum Gasteiger partial charge on any atom is -0.350 e. The van der Waals surface area contributed by atoms with Gasteiger partial charge in [0.1, 0.15) is 0 Å². The number of thiophene rings is 1. The summed E-state index contributed by atoms with van der Waals surface area (Å²) in [5, 5.41) is 4.18. The zero-order valence-electron chi connectivity index (χ0n) is 11.8. The van der Waals surface area contributed by atoms with Crippen molar-refractivity contribution in [3.63, 3.8) is 0 Å². The summed E-state index contributed by atoms with van der Waals surface area (Å²) in [6.45, 7) is 7.92. The van der Waals surface area contributed by atoms with E-state index in [0.29, 0.717) is 6.54 Å². The fraction of sp³-hybridized carbons (Fsp3) is 0.400. The largest absolute Gasteiger partial charge is 0.350 e. The normalized spacial score (nSPS) is 11.2. The summed E-state index contributed by atoms with van der Waals surface area (Å²) in [7, 11) is 0. The second-order valence-electron chi connectivity index (χ2n) is 4.55. The predicted octanol–water partition coefficient (Wildman–Crippen LogP) is 3.58.